The summed E-state index contributed by atoms with van der Waals surface area (Å²) in [5.74, 6) is -1.07. The number of anilines is 2. The molecule has 3 aromatic rings. The number of benzene rings is 3. The van der Waals surface area contributed by atoms with Crippen LogP contribution in [0.25, 0.3) is 6.08 Å². The fourth-order valence-corrected chi connectivity index (χ4v) is 4.29. The number of nitrogens with zero attached hydrogens (tertiary/aromatic N) is 1. The van der Waals surface area contributed by atoms with Crippen LogP contribution in [0, 0.1) is 17.1 Å². The molecular formula is C24H15Br2ClFN3O3. The van der Waals surface area contributed by atoms with Crippen LogP contribution in [-0.2, 0) is 9.59 Å². The van der Waals surface area contributed by atoms with E-state index in [1.165, 1.54) is 30.3 Å². The first kappa shape index (κ1) is 25.4. The first-order valence-electron chi connectivity index (χ1n) is 9.61. The monoisotopic (exact) mass is 605 g/mol. The molecule has 2 amide bonds. The van der Waals surface area contributed by atoms with Crippen molar-refractivity contribution in [3.05, 3.63) is 91.6 Å². The van der Waals surface area contributed by atoms with Gasteiger partial charge in [-0.25, -0.2) is 4.39 Å². The molecule has 10 heteroatoms. The second-order valence-corrected chi connectivity index (χ2v) is 8.93. The second-order valence-electron chi connectivity index (χ2n) is 6.79. The Morgan fingerprint density at radius 3 is 2.15 bits per heavy atom. The molecule has 0 aliphatic rings. The molecule has 0 aromatic heterocycles. The molecule has 3 aromatic carbocycles. The normalized spacial score (nSPS) is 10.9. The molecule has 0 unspecified atom stereocenters. The number of nitrogens with one attached hydrogen (secondary N) is 2. The van der Waals surface area contributed by atoms with Crippen molar-refractivity contribution in [1.29, 1.82) is 5.26 Å². The quantitative estimate of drug-likeness (QED) is 0.235. The zero-order valence-electron chi connectivity index (χ0n) is 17.2. The highest BCUT2D eigenvalue weighted by atomic mass is 79.9. The van der Waals surface area contributed by atoms with Crippen LogP contribution < -0.4 is 15.4 Å². The molecule has 0 fully saturated rings. The van der Waals surface area contributed by atoms with Crippen molar-refractivity contribution in [2.45, 2.75) is 0 Å². The average molecular weight is 608 g/mol. The first-order valence-corrected chi connectivity index (χ1v) is 11.6. The third-order valence-electron chi connectivity index (χ3n) is 4.27. The molecule has 0 atom stereocenters. The van der Waals surface area contributed by atoms with E-state index < -0.39 is 11.7 Å². The van der Waals surface area contributed by atoms with Gasteiger partial charge in [0.15, 0.2) is 6.61 Å². The summed E-state index contributed by atoms with van der Waals surface area (Å²) < 4.78 is 19.7. The van der Waals surface area contributed by atoms with Gasteiger partial charge in [0.05, 0.1) is 8.95 Å². The van der Waals surface area contributed by atoms with Crippen LogP contribution in [0.15, 0.2) is 75.2 Å². The molecule has 6 nitrogen and oxygen atoms in total. The van der Waals surface area contributed by atoms with E-state index in [1.807, 2.05) is 6.07 Å². The average Bonchev–Trinajstić information content (AvgIpc) is 2.80. The largest absolute Gasteiger partial charge is 0.481 e. The lowest BCUT2D eigenvalue weighted by Gasteiger charge is -2.12. The Labute approximate surface area is 216 Å². The number of carbonyl (C=O) groups excluding carboxylic acids is 2. The van der Waals surface area contributed by atoms with Crippen molar-refractivity contribution in [3.8, 4) is 11.8 Å². The van der Waals surface area contributed by atoms with Gasteiger partial charge in [0, 0.05) is 16.4 Å². The summed E-state index contributed by atoms with van der Waals surface area (Å²) in [5.41, 5.74) is 1.32. The van der Waals surface area contributed by atoms with E-state index in [-0.39, 0.29) is 18.1 Å². The molecule has 172 valence electrons. The van der Waals surface area contributed by atoms with E-state index in [9.17, 15) is 19.2 Å². The molecule has 0 spiro atoms. The van der Waals surface area contributed by atoms with Crippen LogP contribution in [0.3, 0.4) is 0 Å². The summed E-state index contributed by atoms with van der Waals surface area (Å²) in [5, 5.41) is 15.2. The minimum atomic E-state index is -0.638. The van der Waals surface area contributed by atoms with Crippen LogP contribution in [0.4, 0.5) is 15.8 Å². The van der Waals surface area contributed by atoms with E-state index in [2.05, 4.69) is 42.5 Å². The van der Waals surface area contributed by atoms with Gasteiger partial charge in [-0.1, -0.05) is 11.6 Å². The van der Waals surface area contributed by atoms with E-state index >= 15 is 0 Å². The molecule has 0 aliphatic carbocycles. The summed E-state index contributed by atoms with van der Waals surface area (Å²) in [7, 11) is 0. The summed E-state index contributed by atoms with van der Waals surface area (Å²) >= 11 is 12.6. The summed E-state index contributed by atoms with van der Waals surface area (Å²) in [6.45, 7) is -0.251. The maximum absolute atomic E-state index is 13.0. The number of halogens is 4. The highest BCUT2D eigenvalue weighted by Gasteiger charge is 2.14. The topological polar surface area (TPSA) is 91.2 Å². The maximum atomic E-state index is 13.0. The van der Waals surface area contributed by atoms with Gasteiger partial charge in [-0.15, -0.1) is 0 Å². The van der Waals surface area contributed by atoms with E-state index in [4.69, 9.17) is 16.3 Å². The van der Waals surface area contributed by atoms with E-state index in [0.29, 0.717) is 36.7 Å². The van der Waals surface area contributed by atoms with Crippen LogP contribution in [0.2, 0.25) is 5.02 Å². The minimum absolute atomic E-state index is 0.154. The highest BCUT2D eigenvalue weighted by molar-refractivity contribution is 9.11. The Morgan fingerprint density at radius 2 is 1.56 bits per heavy atom. The molecule has 0 heterocycles. The Balaban J connectivity index is 1.68. The fraction of sp³-hybridized carbons (Fsp3) is 0.0417. The number of nitriles is 1. The maximum Gasteiger partial charge on any atom is 0.266 e. The van der Waals surface area contributed by atoms with Crippen LogP contribution in [-0.4, -0.2) is 18.4 Å². The molecule has 34 heavy (non-hydrogen) atoms. The Bertz CT molecular complexity index is 1270. The van der Waals surface area contributed by atoms with Crippen LogP contribution >= 0.6 is 43.5 Å². The van der Waals surface area contributed by atoms with Crippen LogP contribution in [0.1, 0.15) is 5.56 Å². The third kappa shape index (κ3) is 7.15. The van der Waals surface area contributed by atoms with Gasteiger partial charge in [0.1, 0.15) is 23.2 Å². The number of hydrogen-bond donors (Lipinski definition) is 2. The van der Waals surface area contributed by atoms with Gasteiger partial charge in [-0.05, 0) is 104 Å². The number of hydrogen-bond acceptors (Lipinski definition) is 4. The number of carbonyl (C=O) groups is 2. The minimum Gasteiger partial charge on any atom is -0.481 e. The van der Waals surface area contributed by atoms with Crippen LogP contribution in [0.5, 0.6) is 5.75 Å². The van der Waals surface area contributed by atoms with Gasteiger partial charge in [0.25, 0.3) is 11.8 Å². The Hall–Kier alpha value is -3.19. The zero-order valence-corrected chi connectivity index (χ0v) is 21.2. The Morgan fingerprint density at radius 1 is 1.00 bits per heavy atom. The summed E-state index contributed by atoms with van der Waals surface area (Å²) in [6.07, 6.45) is 1.39. The third-order valence-corrected chi connectivity index (χ3v) is 5.70. The van der Waals surface area contributed by atoms with Gasteiger partial charge in [-0.3, -0.25) is 9.59 Å². The predicted molar refractivity (Wildman–Crippen MR) is 136 cm³/mol. The smallest absolute Gasteiger partial charge is 0.266 e. The van der Waals surface area contributed by atoms with Gasteiger partial charge >= 0.3 is 0 Å². The van der Waals surface area contributed by atoms with Gasteiger partial charge in [-0.2, -0.15) is 5.26 Å². The molecule has 0 radical (unpaired) electrons. The molecule has 0 saturated heterocycles. The number of rotatable bonds is 7. The summed E-state index contributed by atoms with van der Waals surface area (Å²) in [6, 6.07) is 17.0. The SMILES string of the molecule is N#C/C(=C\c1cc(Br)c(OCC(=O)Nc2ccc(Cl)cc2)c(Br)c1)C(=O)Nc1ccc(F)cc1. The highest BCUT2D eigenvalue weighted by Crippen LogP contribution is 2.35. The lowest BCUT2D eigenvalue weighted by Crippen LogP contribution is -2.20. The molecule has 0 saturated carbocycles. The number of ether oxygens (including phenoxy) is 1. The van der Waals surface area contributed by atoms with E-state index in [0.717, 1.165) is 0 Å². The molecule has 3 rings (SSSR count). The lowest BCUT2D eigenvalue weighted by atomic mass is 10.1. The van der Waals surface area contributed by atoms with E-state index in [1.54, 1.807) is 36.4 Å². The molecule has 0 aliphatic heterocycles. The lowest BCUT2D eigenvalue weighted by molar-refractivity contribution is -0.118. The molecule has 2 N–H and O–H groups in total. The first-order chi connectivity index (χ1) is 16.2. The second kappa shape index (κ2) is 11.8. The fourth-order valence-electron chi connectivity index (χ4n) is 2.72. The van der Waals surface area contributed by atoms with Crippen molar-refractivity contribution >= 4 is 72.7 Å². The van der Waals surface area contributed by atoms with Crippen molar-refractivity contribution in [2.24, 2.45) is 0 Å². The van der Waals surface area contributed by atoms with Gasteiger partial charge in [0.2, 0.25) is 0 Å². The molecule has 0 bridgehead atoms. The molecular weight excluding hydrogens is 593 g/mol. The standard InChI is InChI=1S/C24H15Br2ClFN3O3/c25-20-10-14(9-15(12-29)24(33)31-19-7-3-17(28)4-8-19)11-21(26)23(20)34-13-22(32)30-18-5-1-16(27)2-6-18/h1-11H,13H2,(H,30,32)(H,31,33)/b15-9+. The van der Waals surface area contributed by atoms with Crippen molar-refractivity contribution in [3.63, 3.8) is 0 Å². The van der Waals surface area contributed by atoms with Crippen molar-refractivity contribution in [2.75, 3.05) is 17.2 Å². The number of amides is 2. The summed E-state index contributed by atoms with van der Waals surface area (Å²) in [4.78, 5) is 24.6. The van der Waals surface area contributed by atoms with Crippen molar-refractivity contribution in [1.82, 2.24) is 0 Å². The van der Waals surface area contributed by atoms with Gasteiger partial charge < -0.3 is 15.4 Å². The van der Waals surface area contributed by atoms with Crippen molar-refractivity contribution < 1.29 is 18.7 Å². The predicted octanol–water partition coefficient (Wildman–Crippen LogP) is 6.57. The Kier molecular flexibility index (Phi) is 8.82. The zero-order chi connectivity index (χ0) is 24.7.